The minimum atomic E-state index is 0.600. The van der Waals surface area contributed by atoms with Crippen LogP contribution in [0.25, 0.3) is 0 Å². The van der Waals surface area contributed by atoms with Crippen LogP contribution in [-0.4, -0.2) is 62.7 Å². The highest BCUT2D eigenvalue weighted by atomic mass is 16.5. The Balaban J connectivity index is 1.77. The molecule has 0 aliphatic carbocycles. The highest BCUT2D eigenvalue weighted by molar-refractivity contribution is 5.28. The van der Waals surface area contributed by atoms with Crippen molar-refractivity contribution in [3.05, 3.63) is 29.8 Å². The Kier molecular flexibility index (Phi) is 6.49. The van der Waals surface area contributed by atoms with Crippen LogP contribution in [0.15, 0.2) is 24.3 Å². The summed E-state index contributed by atoms with van der Waals surface area (Å²) in [7, 11) is 4.42. The van der Waals surface area contributed by atoms with E-state index in [0.29, 0.717) is 6.04 Å². The summed E-state index contributed by atoms with van der Waals surface area (Å²) < 4.78 is 5.68. The number of nitrogens with zero attached hydrogens (tertiary/aromatic N) is 2. The van der Waals surface area contributed by atoms with Gasteiger partial charge in [-0.05, 0) is 38.2 Å². The van der Waals surface area contributed by atoms with E-state index in [-0.39, 0.29) is 0 Å². The van der Waals surface area contributed by atoms with Gasteiger partial charge in [-0.3, -0.25) is 4.90 Å². The molecule has 1 aromatic rings. The Morgan fingerprint density at radius 3 is 2.95 bits per heavy atom. The third-order valence-electron chi connectivity index (χ3n) is 4.06. The van der Waals surface area contributed by atoms with Gasteiger partial charge in [-0.2, -0.15) is 0 Å². The van der Waals surface area contributed by atoms with E-state index in [0.717, 1.165) is 45.0 Å². The lowest BCUT2D eigenvalue weighted by Gasteiger charge is -2.37. The number of hydrogen-bond acceptors (Lipinski definition) is 4. The van der Waals surface area contributed by atoms with E-state index in [1.165, 1.54) is 12.1 Å². The Hall–Kier alpha value is -1.10. The van der Waals surface area contributed by atoms with Crippen molar-refractivity contribution in [1.29, 1.82) is 0 Å². The summed E-state index contributed by atoms with van der Waals surface area (Å²) in [4.78, 5) is 4.86. The second-order valence-corrected chi connectivity index (χ2v) is 6.02. The zero-order chi connectivity index (χ0) is 15.1. The van der Waals surface area contributed by atoms with Crippen molar-refractivity contribution in [1.82, 2.24) is 15.1 Å². The average Bonchev–Trinajstić information content (AvgIpc) is 2.49. The van der Waals surface area contributed by atoms with Gasteiger partial charge in [0, 0.05) is 38.8 Å². The number of nitrogens with one attached hydrogen (secondary N) is 1. The molecule has 1 fully saturated rings. The van der Waals surface area contributed by atoms with E-state index in [4.69, 9.17) is 4.74 Å². The first-order valence-electron chi connectivity index (χ1n) is 8.00. The highest BCUT2D eigenvalue weighted by Crippen LogP contribution is 2.13. The largest absolute Gasteiger partial charge is 0.494 e. The van der Waals surface area contributed by atoms with Gasteiger partial charge in [-0.15, -0.1) is 0 Å². The molecular weight excluding hydrogens is 262 g/mol. The van der Waals surface area contributed by atoms with E-state index in [1.54, 1.807) is 0 Å². The van der Waals surface area contributed by atoms with Crippen molar-refractivity contribution in [2.75, 3.05) is 46.9 Å². The molecule has 0 bridgehead atoms. The molecule has 1 unspecified atom stereocenters. The van der Waals surface area contributed by atoms with Gasteiger partial charge in [0.25, 0.3) is 0 Å². The van der Waals surface area contributed by atoms with Crippen molar-refractivity contribution in [3.63, 3.8) is 0 Å². The SMILES string of the molecule is CCCOc1cccc(CNCC2CN(C)CCN2C)c1. The number of benzene rings is 1. The van der Waals surface area contributed by atoms with Crippen molar-refractivity contribution in [2.45, 2.75) is 25.9 Å². The highest BCUT2D eigenvalue weighted by Gasteiger charge is 2.21. The van der Waals surface area contributed by atoms with Gasteiger partial charge in [0.2, 0.25) is 0 Å². The third-order valence-corrected chi connectivity index (χ3v) is 4.06. The fourth-order valence-electron chi connectivity index (χ4n) is 2.67. The first kappa shape index (κ1) is 16.3. The Morgan fingerprint density at radius 1 is 1.29 bits per heavy atom. The zero-order valence-electron chi connectivity index (χ0n) is 13.6. The molecule has 4 nitrogen and oxygen atoms in total. The minimum Gasteiger partial charge on any atom is -0.494 e. The molecule has 0 saturated carbocycles. The summed E-state index contributed by atoms with van der Waals surface area (Å²) in [6.45, 7) is 8.31. The van der Waals surface area contributed by atoms with Crippen LogP contribution in [-0.2, 0) is 6.54 Å². The third kappa shape index (κ3) is 5.30. The lowest BCUT2D eigenvalue weighted by Crippen LogP contribution is -2.53. The van der Waals surface area contributed by atoms with Crippen LogP contribution in [0.4, 0.5) is 0 Å². The molecule has 1 N–H and O–H groups in total. The second kappa shape index (κ2) is 8.37. The molecule has 2 rings (SSSR count). The summed E-state index contributed by atoms with van der Waals surface area (Å²) in [6, 6.07) is 9.00. The predicted octanol–water partition coefficient (Wildman–Crippen LogP) is 1.81. The minimum absolute atomic E-state index is 0.600. The molecule has 1 saturated heterocycles. The maximum absolute atomic E-state index is 5.68. The van der Waals surface area contributed by atoms with Crippen LogP contribution in [0, 0.1) is 0 Å². The molecule has 0 amide bonds. The molecule has 0 spiro atoms. The van der Waals surface area contributed by atoms with Crippen LogP contribution in [0.3, 0.4) is 0 Å². The Morgan fingerprint density at radius 2 is 2.14 bits per heavy atom. The summed E-state index contributed by atoms with van der Waals surface area (Å²) >= 11 is 0. The van der Waals surface area contributed by atoms with Crippen LogP contribution in [0.1, 0.15) is 18.9 Å². The van der Waals surface area contributed by atoms with Crippen LogP contribution < -0.4 is 10.1 Å². The molecule has 1 atom stereocenters. The van der Waals surface area contributed by atoms with Crippen molar-refractivity contribution in [2.24, 2.45) is 0 Å². The van der Waals surface area contributed by atoms with Gasteiger partial charge in [0.1, 0.15) is 5.75 Å². The van der Waals surface area contributed by atoms with Crippen molar-refractivity contribution < 1.29 is 4.74 Å². The number of hydrogen-bond donors (Lipinski definition) is 1. The van der Waals surface area contributed by atoms with E-state index in [9.17, 15) is 0 Å². The van der Waals surface area contributed by atoms with Gasteiger partial charge in [0.15, 0.2) is 0 Å². The predicted molar refractivity (Wildman–Crippen MR) is 87.8 cm³/mol. The summed E-state index contributed by atoms with van der Waals surface area (Å²) in [5.74, 6) is 0.977. The molecule has 4 heteroatoms. The number of rotatable bonds is 7. The van der Waals surface area contributed by atoms with E-state index in [2.05, 4.69) is 54.3 Å². The van der Waals surface area contributed by atoms with Gasteiger partial charge in [-0.25, -0.2) is 0 Å². The summed E-state index contributed by atoms with van der Waals surface area (Å²) in [5, 5.41) is 3.58. The van der Waals surface area contributed by atoms with Gasteiger partial charge >= 0.3 is 0 Å². The molecule has 118 valence electrons. The van der Waals surface area contributed by atoms with Gasteiger partial charge < -0.3 is 15.0 Å². The molecule has 21 heavy (non-hydrogen) atoms. The first-order valence-corrected chi connectivity index (χ1v) is 8.00. The van der Waals surface area contributed by atoms with Crippen molar-refractivity contribution >= 4 is 0 Å². The Bertz CT molecular complexity index is 424. The number of piperazine rings is 1. The maximum atomic E-state index is 5.68. The lowest BCUT2D eigenvalue weighted by molar-refractivity contribution is 0.113. The van der Waals surface area contributed by atoms with Crippen LogP contribution in [0.5, 0.6) is 5.75 Å². The lowest BCUT2D eigenvalue weighted by atomic mass is 10.1. The quantitative estimate of drug-likeness (QED) is 0.829. The standard InChI is InChI=1S/C17H29N3O/c1-4-10-21-17-7-5-6-15(11-17)12-18-13-16-14-19(2)8-9-20(16)3/h5-7,11,16,18H,4,8-10,12-14H2,1-3H3. The molecule has 1 aliphatic rings. The number of likely N-dealkylation sites (N-methyl/N-ethyl adjacent to an activating group) is 2. The van der Waals surface area contributed by atoms with Crippen LogP contribution in [0.2, 0.25) is 0 Å². The Labute approximate surface area is 129 Å². The van der Waals surface area contributed by atoms with Crippen LogP contribution >= 0.6 is 0 Å². The summed E-state index contributed by atoms with van der Waals surface area (Å²) in [6.07, 6.45) is 1.05. The molecule has 1 heterocycles. The second-order valence-electron chi connectivity index (χ2n) is 6.02. The van der Waals surface area contributed by atoms with E-state index in [1.807, 2.05) is 6.07 Å². The molecule has 1 aliphatic heterocycles. The number of ether oxygens (including phenoxy) is 1. The smallest absolute Gasteiger partial charge is 0.119 e. The normalized spacial score (nSPS) is 20.6. The molecule has 0 radical (unpaired) electrons. The maximum Gasteiger partial charge on any atom is 0.119 e. The molecule has 0 aromatic heterocycles. The van der Waals surface area contributed by atoms with Gasteiger partial charge in [-0.1, -0.05) is 19.1 Å². The van der Waals surface area contributed by atoms with E-state index < -0.39 is 0 Å². The molecule has 1 aromatic carbocycles. The fraction of sp³-hybridized carbons (Fsp3) is 0.647. The van der Waals surface area contributed by atoms with Crippen molar-refractivity contribution in [3.8, 4) is 5.75 Å². The topological polar surface area (TPSA) is 27.7 Å². The average molecular weight is 291 g/mol. The summed E-state index contributed by atoms with van der Waals surface area (Å²) in [5.41, 5.74) is 1.29. The zero-order valence-corrected chi connectivity index (χ0v) is 13.6. The molecular formula is C17H29N3O. The fourth-order valence-corrected chi connectivity index (χ4v) is 2.67. The van der Waals surface area contributed by atoms with E-state index >= 15 is 0 Å². The monoisotopic (exact) mass is 291 g/mol. The van der Waals surface area contributed by atoms with Gasteiger partial charge in [0.05, 0.1) is 6.61 Å². The first-order chi connectivity index (χ1) is 10.2.